The molecule has 26 heavy (non-hydrogen) atoms. The molecule has 1 rings (SSSR count). The molecule has 1 aromatic heterocycles. The Bertz CT molecular complexity index is 534. The van der Waals surface area contributed by atoms with Crippen LogP contribution in [0.25, 0.3) is 0 Å². The fourth-order valence-electron chi connectivity index (χ4n) is 3.09. The number of aromatic nitrogens is 2. The first-order valence-electron chi connectivity index (χ1n) is 10.0. The first-order valence-corrected chi connectivity index (χ1v) is 11.7. The highest BCUT2D eigenvalue weighted by Gasteiger charge is 2.38. The van der Waals surface area contributed by atoms with Crippen molar-refractivity contribution < 1.29 is 18.8 Å². The predicted molar refractivity (Wildman–Crippen MR) is 105 cm³/mol. The molecule has 1 aromatic rings. The fourth-order valence-corrected chi connectivity index (χ4v) is 4.56. The normalized spacial score (nSPS) is 14.9. The molecule has 1 heterocycles. The lowest BCUT2D eigenvalue weighted by Crippen LogP contribution is -2.27. The Morgan fingerprint density at radius 2 is 1.65 bits per heavy atom. The number of carbonyl (C=O) groups excluding carboxylic acids is 1. The van der Waals surface area contributed by atoms with Crippen molar-refractivity contribution in [3.63, 3.8) is 0 Å². The minimum absolute atomic E-state index is 0.111. The van der Waals surface area contributed by atoms with Gasteiger partial charge in [-0.2, -0.15) is 0 Å². The van der Waals surface area contributed by atoms with Gasteiger partial charge in [-0.3, -0.25) is 13.9 Å². The van der Waals surface area contributed by atoms with Crippen molar-refractivity contribution in [3.05, 3.63) is 18.7 Å². The molecule has 0 saturated heterocycles. The van der Waals surface area contributed by atoms with E-state index in [0.717, 1.165) is 19.3 Å². The quantitative estimate of drug-likeness (QED) is 0.321. The molecule has 0 amide bonds. The van der Waals surface area contributed by atoms with Crippen molar-refractivity contribution in [1.29, 1.82) is 0 Å². The van der Waals surface area contributed by atoms with Gasteiger partial charge in [0.25, 0.3) is 0 Å². The highest BCUT2D eigenvalue weighted by Crippen LogP contribution is 2.50. The number of unbranched alkanes of at least 4 members (excludes halogenated alkanes) is 9. The van der Waals surface area contributed by atoms with Crippen LogP contribution in [-0.4, -0.2) is 32.6 Å². The Morgan fingerprint density at radius 1 is 1.08 bits per heavy atom. The highest BCUT2D eigenvalue weighted by molar-refractivity contribution is 7.54. The van der Waals surface area contributed by atoms with Crippen LogP contribution in [0.3, 0.4) is 0 Å². The van der Waals surface area contributed by atoms with Crippen LogP contribution in [0, 0.1) is 0 Å². The summed E-state index contributed by atoms with van der Waals surface area (Å²) >= 11 is 0. The standard InChI is InChI=1S/C19H35N2O4P/c1-3-5-6-7-8-9-10-11-12-13-14-18(26(23,24)25-4-2)19(22)21-16-15-20-17-21/h15-18H,3-14H2,1-2H3,(H,23,24). The van der Waals surface area contributed by atoms with Crippen molar-refractivity contribution in [2.24, 2.45) is 0 Å². The molecule has 2 atom stereocenters. The van der Waals surface area contributed by atoms with Gasteiger partial charge in [-0.1, -0.05) is 71.1 Å². The van der Waals surface area contributed by atoms with E-state index in [1.165, 1.54) is 68.2 Å². The van der Waals surface area contributed by atoms with E-state index in [0.29, 0.717) is 6.42 Å². The summed E-state index contributed by atoms with van der Waals surface area (Å²) in [6.07, 6.45) is 16.5. The third kappa shape index (κ3) is 8.61. The van der Waals surface area contributed by atoms with Crippen LogP contribution in [0.4, 0.5) is 0 Å². The Labute approximate surface area is 157 Å². The Hall–Kier alpha value is -0.970. The van der Waals surface area contributed by atoms with Crippen LogP contribution >= 0.6 is 7.60 Å². The molecule has 0 saturated carbocycles. The largest absolute Gasteiger partial charge is 0.340 e. The van der Waals surface area contributed by atoms with Crippen molar-refractivity contribution in [3.8, 4) is 0 Å². The van der Waals surface area contributed by atoms with Crippen LogP contribution in [0.5, 0.6) is 0 Å². The van der Waals surface area contributed by atoms with Crippen LogP contribution in [0.15, 0.2) is 18.7 Å². The molecule has 1 N–H and O–H groups in total. The fraction of sp³-hybridized carbons (Fsp3) is 0.789. The van der Waals surface area contributed by atoms with E-state index >= 15 is 0 Å². The van der Waals surface area contributed by atoms with Crippen molar-refractivity contribution >= 4 is 13.5 Å². The van der Waals surface area contributed by atoms with E-state index in [9.17, 15) is 14.3 Å². The summed E-state index contributed by atoms with van der Waals surface area (Å²) in [4.78, 5) is 26.5. The average molecular weight is 386 g/mol. The molecule has 150 valence electrons. The lowest BCUT2D eigenvalue weighted by molar-refractivity contribution is 0.0888. The number of rotatable bonds is 15. The number of nitrogens with zero attached hydrogens (tertiary/aromatic N) is 2. The van der Waals surface area contributed by atoms with E-state index in [2.05, 4.69) is 11.9 Å². The van der Waals surface area contributed by atoms with Gasteiger partial charge in [-0.25, -0.2) is 4.98 Å². The van der Waals surface area contributed by atoms with Crippen LogP contribution < -0.4 is 0 Å². The first-order chi connectivity index (χ1) is 12.5. The summed E-state index contributed by atoms with van der Waals surface area (Å²) in [7, 11) is -3.98. The van der Waals surface area contributed by atoms with Gasteiger partial charge in [0.1, 0.15) is 12.0 Å². The first kappa shape index (κ1) is 23.1. The van der Waals surface area contributed by atoms with Crippen molar-refractivity contribution in [2.45, 2.75) is 90.1 Å². The number of hydrogen-bond acceptors (Lipinski definition) is 4. The molecule has 7 heteroatoms. The monoisotopic (exact) mass is 386 g/mol. The zero-order valence-corrected chi connectivity index (χ0v) is 17.2. The zero-order chi connectivity index (χ0) is 19.3. The summed E-state index contributed by atoms with van der Waals surface area (Å²) in [5.41, 5.74) is -1.02. The third-order valence-corrected chi connectivity index (χ3v) is 6.48. The van der Waals surface area contributed by atoms with Gasteiger partial charge >= 0.3 is 7.60 Å². The van der Waals surface area contributed by atoms with Crippen LogP contribution in [-0.2, 0) is 9.09 Å². The highest BCUT2D eigenvalue weighted by atomic mass is 31.2. The minimum atomic E-state index is -3.98. The van der Waals surface area contributed by atoms with Crippen molar-refractivity contribution in [1.82, 2.24) is 9.55 Å². The average Bonchev–Trinajstić information content (AvgIpc) is 3.13. The van der Waals surface area contributed by atoms with E-state index < -0.39 is 19.2 Å². The summed E-state index contributed by atoms with van der Waals surface area (Å²) in [6.45, 7) is 3.99. The van der Waals surface area contributed by atoms with Gasteiger partial charge in [0, 0.05) is 12.4 Å². The van der Waals surface area contributed by atoms with Crippen molar-refractivity contribution in [2.75, 3.05) is 6.61 Å². The van der Waals surface area contributed by atoms with E-state index in [1.54, 1.807) is 6.92 Å². The lowest BCUT2D eigenvalue weighted by Gasteiger charge is -2.21. The molecule has 0 aliphatic rings. The Kier molecular flexibility index (Phi) is 11.7. The second-order valence-corrected chi connectivity index (χ2v) is 8.79. The molecule has 0 aliphatic heterocycles. The number of hydrogen-bond donors (Lipinski definition) is 1. The maximum atomic E-state index is 12.5. The third-order valence-electron chi connectivity index (χ3n) is 4.58. The Morgan fingerprint density at radius 3 is 2.15 bits per heavy atom. The molecule has 6 nitrogen and oxygen atoms in total. The maximum Gasteiger partial charge on any atom is 0.340 e. The van der Waals surface area contributed by atoms with E-state index in [1.807, 2.05) is 0 Å². The molecular weight excluding hydrogens is 351 g/mol. The summed E-state index contributed by atoms with van der Waals surface area (Å²) < 4.78 is 18.7. The lowest BCUT2D eigenvalue weighted by atomic mass is 10.1. The molecule has 0 aliphatic carbocycles. The smallest absolute Gasteiger partial charge is 0.324 e. The molecule has 0 bridgehead atoms. The SMILES string of the molecule is CCCCCCCCCCCCC(C(=O)n1ccnc1)P(=O)(O)OCC. The van der Waals surface area contributed by atoms with Crippen LogP contribution in [0.2, 0.25) is 0 Å². The van der Waals surface area contributed by atoms with E-state index in [4.69, 9.17) is 4.52 Å². The minimum Gasteiger partial charge on any atom is -0.324 e. The van der Waals surface area contributed by atoms with Gasteiger partial charge in [0.15, 0.2) is 0 Å². The zero-order valence-electron chi connectivity index (χ0n) is 16.3. The molecule has 2 unspecified atom stereocenters. The van der Waals surface area contributed by atoms with Gasteiger partial charge < -0.3 is 9.42 Å². The molecule has 0 radical (unpaired) electrons. The maximum absolute atomic E-state index is 12.5. The second kappa shape index (κ2) is 13.2. The topological polar surface area (TPSA) is 81.4 Å². The number of imidazole rings is 1. The molecular formula is C19H35N2O4P. The van der Waals surface area contributed by atoms with Gasteiger partial charge in [0.05, 0.1) is 6.61 Å². The molecule has 0 spiro atoms. The molecule has 0 aromatic carbocycles. The summed E-state index contributed by atoms with van der Waals surface area (Å²) in [6, 6.07) is 0. The van der Waals surface area contributed by atoms with Gasteiger partial charge in [-0.15, -0.1) is 0 Å². The summed E-state index contributed by atoms with van der Waals surface area (Å²) in [5, 5.41) is 0. The van der Waals surface area contributed by atoms with Gasteiger partial charge in [-0.05, 0) is 13.3 Å². The van der Waals surface area contributed by atoms with Crippen LogP contribution in [0.1, 0.15) is 89.3 Å². The van der Waals surface area contributed by atoms with E-state index in [-0.39, 0.29) is 6.61 Å². The molecule has 0 fully saturated rings. The Balaban J connectivity index is 2.35. The summed E-state index contributed by atoms with van der Waals surface area (Å²) in [5.74, 6) is -0.419. The second-order valence-electron chi connectivity index (χ2n) is 6.78. The number of carbonyl (C=O) groups is 1. The predicted octanol–water partition coefficient (Wildman–Crippen LogP) is 5.42. The van der Waals surface area contributed by atoms with Gasteiger partial charge in [0.2, 0.25) is 5.91 Å².